The van der Waals surface area contributed by atoms with E-state index in [2.05, 4.69) is 73.3 Å². The zero-order valence-corrected chi connectivity index (χ0v) is 15.3. The molecule has 1 aromatic rings. The van der Waals surface area contributed by atoms with Crippen molar-refractivity contribution >= 4 is 18.9 Å². The molecule has 0 saturated carbocycles. The molecule has 22 heavy (non-hydrogen) atoms. The molecule has 1 fully saturated rings. The number of nitrogens with one attached hydrogen (secondary N) is 1. The van der Waals surface area contributed by atoms with Gasteiger partial charge in [0.25, 0.3) is 0 Å². The Balaban J connectivity index is 1.79. The molecule has 1 N–H and O–H groups in total. The van der Waals surface area contributed by atoms with Gasteiger partial charge in [-0.1, -0.05) is 37.0 Å². The number of ether oxygens (including phenoxy) is 1. The highest BCUT2D eigenvalue weighted by atomic mass is 28.3. The van der Waals surface area contributed by atoms with E-state index in [1.165, 1.54) is 24.6 Å². The SMILES string of the molecule is CN1CCCC(COC#CNc2cccc([Si](C)(C)C)c2)C1. The van der Waals surface area contributed by atoms with Crippen LogP contribution in [0.25, 0.3) is 0 Å². The number of piperidine rings is 1. The Morgan fingerprint density at radius 3 is 2.91 bits per heavy atom. The van der Waals surface area contributed by atoms with E-state index in [4.69, 9.17) is 4.74 Å². The van der Waals surface area contributed by atoms with Gasteiger partial charge >= 0.3 is 0 Å². The molecule has 3 nitrogen and oxygen atoms in total. The van der Waals surface area contributed by atoms with Crippen LogP contribution < -0.4 is 10.5 Å². The molecule has 1 aromatic carbocycles. The summed E-state index contributed by atoms with van der Waals surface area (Å²) >= 11 is 0. The highest BCUT2D eigenvalue weighted by Gasteiger charge is 2.17. The minimum Gasteiger partial charge on any atom is -0.445 e. The largest absolute Gasteiger partial charge is 0.445 e. The molecule has 0 amide bonds. The van der Waals surface area contributed by atoms with Crippen molar-refractivity contribution in [1.29, 1.82) is 0 Å². The van der Waals surface area contributed by atoms with Crippen LogP contribution >= 0.6 is 0 Å². The molecule has 120 valence electrons. The highest BCUT2D eigenvalue weighted by Crippen LogP contribution is 2.14. The summed E-state index contributed by atoms with van der Waals surface area (Å²) in [6.45, 7) is 10.1. The van der Waals surface area contributed by atoms with Gasteiger partial charge in [0.15, 0.2) is 0 Å². The second-order valence-corrected chi connectivity index (χ2v) is 12.3. The molecule has 0 radical (unpaired) electrons. The van der Waals surface area contributed by atoms with Crippen LogP contribution in [0.1, 0.15) is 12.8 Å². The molecule has 1 aliphatic heterocycles. The summed E-state index contributed by atoms with van der Waals surface area (Å²) in [4.78, 5) is 2.37. The Bertz CT molecular complexity index is 542. The third-order valence-electron chi connectivity index (χ3n) is 4.10. The van der Waals surface area contributed by atoms with Gasteiger partial charge in [-0.25, -0.2) is 0 Å². The molecule has 1 unspecified atom stereocenters. The van der Waals surface area contributed by atoms with Crippen LogP contribution in [0.5, 0.6) is 0 Å². The fourth-order valence-electron chi connectivity index (χ4n) is 2.77. The summed E-state index contributed by atoms with van der Waals surface area (Å²) in [7, 11) is 0.899. The Morgan fingerprint density at radius 2 is 2.18 bits per heavy atom. The summed E-state index contributed by atoms with van der Waals surface area (Å²) in [5.41, 5.74) is 1.05. The molecule has 0 aliphatic carbocycles. The average Bonchev–Trinajstić information content (AvgIpc) is 2.46. The van der Waals surface area contributed by atoms with Gasteiger partial charge < -0.3 is 15.0 Å². The van der Waals surface area contributed by atoms with Gasteiger partial charge in [0.05, 0.1) is 14.1 Å². The molecular weight excluding hydrogens is 288 g/mol. The van der Waals surface area contributed by atoms with Crippen LogP contribution in [0.3, 0.4) is 0 Å². The average molecular weight is 317 g/mol. The van der Waals surface area contributed by atoms with E-state index in [-0.39, 0.29) is 0 Å². The standard InChI is InChI=1S/C18H28N2OSi/c1-20-11-6-7-16(14-20)15-21-12-10-19-17-8-5-9-18(13-17)22(2,3)4/h5,8-9,13,16,19H,6-7,11,14-15H2,1-4H3. The van der Waals surface area contributed by atoms with Crippen molar-refractivity contribution in [2.24, 2.45) is 5.92 Å². The van der Waals surface area contributed by atoms with E-state index in [9.17, 15) is 0 Å². The molecule has 2 rings (SSSR count). The maximum absolute atomic E-state index is 5.50. The van der Waals surface area contributed by atoms with Gasteiger partial charge in [0.1, 0.15) is 12.7 Å². The number of benzene rings is 1. The molecule has 0 aromatic heterocycles. The number of hydrogen-bond acceptors (Lipinski definition) is 3. The van der Waals surface area contributed by atoms with E-state index < -0.39 is 8.07 Å². The van der Waals surface area contributed by atoms with Gasteiger partial charge in [-0.3, -0.25) is 0 Å². The normalized spacial score (nSPS) is 19.2. The molecule has 4 heteroatoms. The van der Waals surface area contributed by atoms with Crippen LogP contribution in [-0.4, -0.2) is 39.7 Å². The molecule has 0 bridgehead atoms. The van der Waals surface area contributed by atoms with E-state index in [1.54, 1.807) is 0 Å². The van der Waals surface area contributed by atoms with E-state index in [0.29, 0.717) is 5.92 Å². The highest BCUT2D eigenvalue weighted by molar-refractivity contribution is 6.88. The summed E-state index contributed by atoms with van der Waals surface area (Å²) in [5, 5.41) is 4.56. The summed E-state index contributed by atoms with van der Waals surface area (Å²) < 4.78 is 5.50. The second kappa shape index (κ2) is 7.71. The summed E-state index contributed by atoms with van der Waals surface area (Å²) in [6, 6.07) is 11.5. The molecule has 0 spiro atoms. The first kappa shape index (κ1) is 16.9. The molecule has 1 saturated heterocycles. The third-order valence-corrected chi connectivity index (χ3v) is 6.14. The predicted octanol–water partition coefficient (Wildman–Crippen LogP) is 2.92. The molecule has 1 atom stereocenters. The molecule has 1 heterocycles. The fourth-order valence-corrected chi connectivity index (χ4v) is 3.95. The monoisotopic (exact) mass is 316 g/mol. The van der Waals surface area contributed by atoms with Gasteiger partial charge in [-0.2, -0.15) is 0 Å². The predicted molar refractivity (Wildman–Crippen MR) is 97.0 cm³/mol. The zero-order chi connectivity index (χ0) is 16.0. The fraction of sp³-hybridized carbons (Fsp3) is 0.556. The lowest BCUT2D eigenvalue weighted by Crippen LogP contribution is -2.37. The van der Waals surface area contributed by atoms with Gasteiger partial charge in [0, 0.05) is 18.2 Å². The Labute approximate surface area is 136 Å². The first-order chi connectivity index (χ1) is 10.4. The minimum atomic E-state index is -1.27. The van der Waals surface area contributed by atoms with Crippen LogP contribution in [0, 0.1) is 18.1 Å². The zero-order valence-electron chi connectivity index (χ0n) is 14.3. The third kappa shape index (κ3) is 5.40. The van der Waals surface area contributed by atoms with Crippen molar-refractivity contribution in [1.82, 2.24) is 4.90 Å². The van der Waals surface area contributed by atoms with Crippen molar-refractivity contribution < 1.29 is 4.74 Å². The quantitative estimate of drug-likeness (QED) is 0.525. The number of likely N-dealkylation sites (tertiary alicyclic amines) is 1. The smallest absolute Gasteiger partial charge is 0.134 e. The number of hydrogen-bond donors (Lipinski definition) is 1. The van der Waals surface area contributed by atoms with Crippen molar-refractivity contribution in [2.75, 3.05) is 32.1 Å². The maximum Gasteiger partial charge on any atom is 0.134 e. The summed E-state index contributed by atoms with van der Waals surface area (Å²) in [5.74, 6) is 0.614. The Kier molecular flexibility index (Phi) is 5.93. The van der Waals surface area contributed by atoms with Crippen LogP contribution in [0.2, 0.25) is 19.6 Å². The maximum atomic E-state index is 5.50. The first-order valence-corrected chi connectivity index (χ1v) is 11.6. The Morgan fingerprint density at radius 1 is 1.36 bits per heavy atom. The summed E-state index contributed by atoms with van der Waals surface area (Å²) in [6.07, 6.45) is 5.30. The number of rotatable bonds is 4. The first-order valence-electron chi connectivity index (χ1n) is 8.12. The number of nitrogens with zero attached hydrogens (tertiary/aromatic N) is 1. The van der Waals surface area contributed by atoms with Crippen molar-refractivity contribution in [3.63, 3.8) is 0 Å². The molecule has 1 aliphatic rings. The van der Waals surface area contributed by atoms with Gasteiger partial charge in [-0.15, -0.1) is 0 Å². The van der Waals surface area contributed by atoms with E-state index >= 15 is 0 Å². The van der Waals surface area contributed by atoms with E-state index in [0.717, 1.165) is 18.8 Å². The van der Waals surface area contributed by atoms with Crippen molar-refractivity contribution in [3.05, 3.63) is 24.3 Å². The molecular formula is C18H28N2OSi. The lowest BCUT2D eigenvalue weighted by atomic mass is 10.00. The lowest BCUT2D eigenvalue weighted by Gasteiger charge is -2.28. The Hall–Kier alpha value is -1.44. The van der Waals surface area contributed by atoms with Crippen LogP contribution in [0.4, 0.5) is 5.69 Å². The minimum absolute atomic E-state index is 0.614. The van der Waals surface area contributed by atoms with Crippen molar-refractivity contribution in [2.45, 2.75) is 32.5 Å². The van der Waals surface area contributed by atoms with E-state index in [1.807, 2.05) is 0 Å². The van der Waals surface area contributed by atoms with Gasteiger partial charge in [0.2, 0.25) is 0 Å². The van der Waals surface area contributed by atoms with Crippen LogP contribution in [0.15, 0.2) is 24.3 Å². The number of anilines is 1. The van der Waals surface area contributed by atoms with Crippen LogP contribution in [-0.2, 0) is 4.74 Å². The second-order valence-electron chi connectivity index (χ2n) is 7.26. The van der Waals surface area contributed by atoms with Gasteiger partial charge in [-0.05, 0) is 38.6 Å². The lowest BCUT2D eigenvalue weighted by molar-refractivity contribution is 0.135. The topological polar surface area (TPSA) is 24.5 Å². The van der Waals surface area contributed by atoms with Crippen molar-refractivity contribution in [3.8, 4) is 12.2 Å².